The van der Waals surface area contributed by atoms with Crippen LogP contribution in [0.15, 0.2) is 18.2 Å². The van der Waals surface area contributed by atoms with Gasteiger partial charge in [0.15, 0.2) is 17.3 Å². The van der Waals surface area contributed by atoms with Crippen molar-refractivity contribution in [3.05, 3.63) is 29.6 Å². The molecule has 1 saturated carbocycles. The molecular weight excluding hydrogens is 305 g/mol. The van der Waals surface area contributed by atoms with Gasteiger partial charge in [-0.2, -0.15) is 0 Å². The lowest BCUT2D eigenvalue weighted by Crippen LogP contribution is -2.34. The average molecular weight is 323 g/mol. The van der Waals surface area contributed by atoms with Gasteiger partial charge in [-0.05, 0) is 31.0 Å². The molecule has 0 heterocycles. The normalized spacial score (nSPS) is 14.9. The maximum Gasteiger partial charge on any atom is 0.311 e. The third-order valence-electron chi connectivity index (χ3n) is 3.98. The number of carbonyl (C=O) groups is 3. The molecule has 0 aliphatic heterocycles. The zero-order valence-electron chi connectivity index (χ0n) is 12.7. The van der Waals surface area contributed by atoms with E-state index in [0.29, 0.717) is 12.8 Å². The van der Waals surface area contributed by atoms with Crippen molar-refractivity contribution in [2.24, 2.45) is 5.41 Å². The number of methoxy groups -OCH3 is 1. The van der Waals surface area contributed by atoms with Crippen LogP contribution in [-0.4, -0.2) is 36.4 Å². The summed E-state index contributed by atoms with van der Waals surface area (Å²) in [5.74, 6) is -2.26. The van der Waals surface area contributed by atoms with Crippen LogP contribution in [0.3, 0.4) is 0 Å². The summed E-state index contributed by atoms with van der Waals surface area (Å²) < 4.78 is 18.3. The number of amides is 1. The summed E-state index contributed by atoms with van der Waals surface area (Å²) in [6.07, 6.45) is 0.958. The molecule has 2 N–H and O–H groups in total. The SMILES string of the molecule is COc1ccc(C(=O)CCC(=O)NCC2(C(=O)O)CC2)cc1F. The largest absolute Gasteiger partial charge is 0.494 e. The van der Waals surface area contributed by atoms with E-state index in [4.69, 9.17) is 9.84 Å². The van der Waals surface area contributed by atoms with E-state index in [1.807, 2.05) is 0 Å². The highest BCUT2D eigenvalue weighted by atomic mass is 19.1. The fourth-order valence-electron chi connectivity index (χ4n) is 2.18. The third-order valence-corrected chi connectivity index (χ3v) is 3.98. The molecule has 1 fully saturated rings. The minimum absolute atomic E-state index is 0.0442. The lowest BCUT2D eigenvalue weighted by atomic mass is 10.1. The maximum atomic E-state index is 13.5. The van der Waals surface area contributed by atoms with Gasteiger partial charge in [0, 0.05) is 24.9 Å². The Hall–Kier alpha value is -2.44. The molecular formula is C16H18FNO5. The molecule has 124 valence electrons. The number of ketones is 1. The van der Waals surface area contributed by atoms with Gasteiger partial charge < -0.3 is 15.2 Å². The minimum Gasteiger partial charge on any atom is -0.494 e. The van der Waals surface area contributed by atoms with Crippen LogP contribution in [0.25, 0.3) is 0 Å². The summed E-state index contributed by atoms with van der Waals surface area (Å²) in [7, 11) is 1.33. The Morgan fingerprint density at radius 2 is 2.00 bits per heavy atom. The van der Waals surface area contributed by atoms with Gasteiger partial charge >= 0.3 is 5.97 Å². The number of halogens is 1. The number of ether oxygens (including phenoxy) is 1. The third kappa shape index (κ3) is 4.06. The quantitative estimate of drug-likeness (QED) is 0.711. The van der Waals surface area contributed by atoms with Crippen LogP contribution in [0.1, 0.15) is 36.0 Å². The van der Waals surface area contributed by atoms with Crippen LogP contribution >= 0.6 is 0 Å². The van der Waals surface area contributed by atoms with Crippen molar-refractivity contribution >= 4 is 17.7 Å². The smallest absolute Gasteiger partial charge is 0.311 e. The number of rotatable bonds is 8. The van der Waals surface area contributed by atoms with E-state index in [2.05, 4.69) is 5.32 Å². The van der Waals surface area contributed by atoms with E-state index >= 15 is 0 Å². The van der Waals surface area contributed by atoms with Crippen LogP contribution in [0.2, 0.25) is 0 Å². The molecule has 1 aliphatic carbocycles. The van der Waals surface area contributed by atoms with Crippen molar-refractivity contribution in [2.45, 2.75) is 25.7 Å². The van der Waals surface area contributed by atoms with E-state index < -0.39 is 17.2 Å². The van der Waals surface area contributed by atoms with Gasteiger partial charge in [-0.1, -0.05) is 0 Å². The molecule has 0 atom stereocenters. The first-order valence-corrected chi connectivity index (χ1v) is 7.25. The first-order valence-electron chi connectivity index (χ1n) is 7.25. The molecule has 1 aromatic rings. The highest BCUT2D eigenvalue weighted by molar-refractivity contribution is 5.98. The number of nitrogens with one attached hydrogen (secondary N) is 1. The second-order valence-electron chi connectivity index (χ2n) is 5.63. The Morgan fingerprint density at radius 3 is 2.52 bits per heavy atom. The minimum atomic E-state index is -0.914. The predicted octanol–water partition coefficient (Wildman–Crippen LogP) is 1.78. The lowest BCUT2D eigenvalue weighted by Gasteiger charge is -2.11. The molecule has 7 heteroatoms. The molecule has 2 rings (SSSR count). The molecule has 1 amide bonds. The van der Waals surface area contributed by atoms with Crippen LogP contribution in [-0.2, 0) is 9.59 Å². The fraction of sp³-hybridized carbons (Fsp3) is 0.438. The van der Waals surface area contributed by atoms with Crippen molar-refractivity contribution < 1.29 is 28.6 Å². The topological polar surface area (TPSA) is 92.7 Å². The molecule has 6 nitrogen and oxygen atoms in total. The number of hydrogen-bond donors (Lipinski definition) is 2. The number of benzene rings is 1. The van der Waals surface area contributed by atoms with Crippen molar-refractivity contribution in [3.8, 4) is 5.75 Å². The maximum absolute atomic E-state index is 13.5. The van der Waals surface area contributed by atoms with Crippen molar-refractivity contribution in [1.82, 2.24) is 5.32 Å². The second-order valence-corrected chi connectivity index (χ2v) is 5.63. The molecule has 23 heavy (non-hydrogen) atoms. The summed E-state index contributed by atoms with van der Waals surface area (Å²) in [5, 5.41) is 11.5. The summed E-state index contributed by atoms with van der Waals surface area (Å²) in [4.78, 5) is 34.6. The summed E-state index contributed by atoms with van der Waals surface area (Å²) >= 11 is 0. The number of carboxylic acid groups (broad SMARTS) is 1. The zero-order valence-corrected chi connectivity index (χ0v) is 12.7. The summed E-state index contributed by atoms with van der Waals surface area (Å²) in [6, 6.07) is 3.86. The Morgan fingerprint density at radius 1 is 1.30 bits per heavy atom. The fourth-order valence-corrected chi connectivity index (χ4v) is 2.18. The highest BCUT2D eigenvalue weighted by Gasteiger charge is 2.50. The second kappa shape index (κ2) is 6.76. The first kappa shape index (κ1) is 16.9. The Kier molecular flexibility index (Phi) is 4.98. The Balaban J connectivity index is 1.81. The van der Waals surface area contributed by atoms with E-state index in [0.717, 1.165) is 6.07 Å². The molecule has 0 unspecified atom stereocenters. The number of aliphatic carboxylic acids is 1. The monoisotopic (exact) mass is 323 g/mol. The van der Waals surface area contributed by atoms with Gasteiger partial charge in [0.2, 0.25) is 5.91 Å². The van der Waals surface area contributed by atoms with Gasteiger partial charge in [0.1, 0.15) is 0 Å². The van der Waals surface area contributed by atoms with Crippen molar-refractivity contribution in [1.29, 1.82) is 0 Å². The molecule has 0 spiro atoms. The first-order chi connectivity index (χ1) is 10.9. The van der Waals surface area contributed by atoms with E-state index in [-0.39, 0.29) is 42.4 Å². The van der Waals surface area contributed by atoms with Gasteiger partial charge in [-0.3, -0.25) is 14.4 Å². The number of Topliss-reactive ketones (excluding diaryl/α,β-unsaturated/α-hetero) is 1. The number of hydrogen-bond acceptors (Lipinski definition) is 4. The van der Waals surface area contributed by atoms with Gasteiger partial charge in [0.25, 0.3) is 0 Å². The van der Waals surface area contributed by atoms with E-state index in [1.54, 1.807) is 0 Å². The van der Waals surface area contributed by atoms with Crippen molar-refractivity contribution in [3.63, 3.8) is 0 Å². The van der Waals surface area contributed by atoms with Crippen LogP contribution in [0, 0.1) is 11.2 Å². The summed E-state index contributed by atoms with van der Waals surface area (Å²) in [5.41, 5.74) is -0.668. The molecule has 0 aromatic heterocycles. The standard InChI is InChI=1S/C16H18FNO5/c1-23-13-4-2-10(8-11(13)17)12(19)3-5-14(20)18-9-16(6-7-16)15(21)22/h2,4,8H,3,5-7,9H2,1H3,(H,18,20)(H,21,22). The van der Waals surface area contributed by atoms with Gasteiger partial charge in [-0.15, -0.1) is 0 Å². The molecule has 0 radical (unpaired) electrons. The van der Waals surface area contributed by atoms with Crippen LogP contribution in [0.4, 0.5) is 4.39 Å². The van der Waals surface area contributed by atoms with E-state index in [9.17, 15) is 18.8 Å². The Bertz CT molecular complexity index is 639. The molecule has 0 bridgehead atoms. The average Bonchev–Trinajstić information content (AvgIpc) is 3.31. The predicted molar refractivity (Wildman–Crippen MR) is 78.8 cm³/mol. The highest BCUT2D eigenvalue weighted by Crippen LogP contribution is 2.45. The number of carboxylic acids is 1. The number of carbonyl (C=O) groups excluding carboxylic acids is 2. The summed E-state index contributed by atoms with van der Waals surface area (Å²) in [6.45, 7) is 0.0759. The van der Waals surface area contributed by atoms with E-state index in [1.165, 1.54) is 19.2 Å². The Labute approximate surface area is 132 Å². The van der Waals surface area contributed by atoms with Crippen LogP contribution in [0.5, 0.6) is 5.75 Å². The molecule has 1 aromatic carbocycles. The lowest BCUT2D eigenvalue weighted by molar-refractivity contribution is -0.143. The van der Waals surface area contributed by atoms with Gasteiger partial charge in [0.05, 0.1) is 12.5 Å². The molecule has 0 saturated heterocycles. The zero-order chi connectivity index (χ0) is 17.0. The van der Waals surface area contributed by atoms with Crippen LogP contribution < -0.4 is 10.1 Å². The van der Waals surface area contributed by atoms with Gasteiger partial charge in [-0.25, -0.2) is 4.39 Å². The van der Waals surface area contributed by atoms with Crippen molar-refractivity contribution in [2.75, 3.05) is 13.7 Å². The molecule has 1 aliphatic rings.